The Kier molecular flexibility index (Phi) is 4.75. The van der Waals surface area contributed by atoms with Gasteiger partial charge in [0.05, 0.1) is 11.2 Å². The first kappa shape index (κ1) is 16.4. The van der Waals surface area contributed by atoms with Crippen LogP contribution >= 0.6 is 0 Å². The molecule has 1 atom stereocenters. The van der Waals surface area contributed by atoms with Gasteiger partial charge >= 0.3 is 6.18 Å². The standard InChI is InChI=1S/C13H15F4NO2/c1-3-12(2,20)7-18-11(19)8-4-5-10(14)9(6-8)13(15,16)17/h4-6,20H,3,7H2,1-2H3,(H,18,19). The molecule has 1 rings (SSSR count). The van der Waals surface area contributed by atoms with Crippen LogP contribution in [0.4, 0.5) is 17.6 Å². The lowest BCUT2D eigenvalue weighted by atomic mass is 10.0. The van der Waals surface area contributed by atoms with E-state index < -0.39 is 29.1 Å². The highest BCUT2D eigenvalue weighted by Gasteiger charge is 2.34. The van der Waals surface area contributed by atoms with Crippen LogP contribution in [-0.2, 0) is 6.18 Å². The third-order valence-corrected chi connectivity index (χ3v) is 2.93. The SMILES string of the molecule is CCC(C)(O)CNC(=O)c1ccc(F)c(C(F)(F)F)c1. The van der Waals surface area contributed by atoms with Gasteiger partial charge in [0.25, 0.3) is 5.91 Å². The zero-order valence-corrected chi connectivity index (χ0v) is 11.0. The topological polar surface area (TPSA) is 49.3 Å². The predicted octanol–water partition coefficient (Wildman–Crippen LogP) is 2.74. The van der Waals surface area contributed by atoms with E-state index >= 15 is 0 Å². The van der Waals surface area contributed by atoms with E-state index in [4.69, 9.17) is 0 Å². The highest BCUT2D eigenvalue weighted by Crippen LogP contribution is 2.31. The molecule has 0 fully saturated rings. The van der Waals surface area contributed by atoms with Gasteiger partial charge in [0.2, 0.25) is 0 Å². The van der Waals surface area contributed by atoms with Gasteiger partial charge in [-0.15, -0.1) is 0 Å². The average Bonchev–Trinajstić information content (AvgIpc) is 2.35. The lowest BCUT2D eigenvalue weighted by Crippen LogP contribution is -2.40. The summed E-state index contributed by atoms with van der Waals surface area (Å²) in [6, 6.07) is 2.00. The average molecular weight is 293 g/mol. The Balaban J connectivity index is 2.90. The molecule has 0 aliphatic carbocycles. The summed E-state index contributed by atoms with van der Waals surface area (Å²) in [5.74, 6) is -2.24. The molecule has 3 nitrogen and oxygen atoms in total. The van der Waals surface area contributed by atoms with Crippen LogP contribution in [0.25, 0.3) is 0 Å². The summed E-state index contributed by atoms with van der Waals surface area (Å²) in [6.45, 7) is 3.08. The summed E-state index contributed by atoms with van der Waals surface area (Å²) in [4.78, 5) is 11.7. The molecule has 1 aromatic rings. The predicted molar refractivity (Wildman–Crippen MR) is 64.7 cm³/mol. The monoisotopic (exact) mass is 293 g/mol. The fraction of sp³-hybridized carbons (Fsp3) is 0.462. The Morgan fingerprint density at radius 2 is 1.95 bits per heavy atom. The van der Waals surface area contributed by atoms with Gasteiger partial charge in [-0.05, 0) is 31.5 Å². The number of hydrogen-bond donors (Lipinski definition) is 2. The van der Waals surface area contributed by atoms with Crippen molar-refractivity contribution in [2.24, 2.45) is 0 Å². The van der Waals surface area contributed by atoms with Gasteiger partial charge in [-0.25, -0.2) is 4.39 Å². The summed E-state index contributed by atoms with van der Waals surface area (Å²) < 4.78 is 50.6. The molecule has 1 amide bonds. The Morgan fingerprint density at radius 1 is 1.35 bits per heavy atom. The summed E-state index contributed by atoms with van der Waals surface area (Å²) >= 11 is 0. The number of alkyl halides is 3. The van der Waals surface area contributed by atoms with Crippen LogP contribution in [0.1, 0.15) is 36.2 Å². The number of carbonyl (C=O) groups excluding carboxylic acids is 1. The molecule has 0 aromatic heterocycles. The summed E-state index contributed by atoms with van der Waals surface area (Å²) in [7, 11) is 0. The second-order valence-electron chi connectivity index (χ2n) is 4.73. The van der Waals surface area contributed by atoms with Crippen LogP contribution in [0, 0.1) is 5.82 Å². The van der Waals surface area contributed by atoms with Crippen molar-refractivity contribution in [3.8, 4) is 0 Å². The highest BCUT2D eigenvalue weighted by molar-refractivity contribution is 5.94. The quantitative estimate of drug-likeness (QED) is 0.839. The maximum Gasteiger partial charge on any atom is 0.419 e. The Labute approximate surface area is 113 Å². The van der Waals surface area contributed by atoms with Crippen molar-refractivity contribution in [2.75, 3.05) is 6.54 Å². The van der Waals surface area contributed by atoms with Crippen LogP contribution in [-0.4, -0.2) is 23.2 Å². The van der Waals surface area contributed by atoms with E-state index in [2.05, 4.69) is 5.32 Å². The minimum Gasteiger partial charge on any atom is -0.388 e. The van der Waals surface area contributed by atoms with E-state index in [-0.39, 0.29) is 12.1 Å². The molecule has 1 aromatic carbocycles. The first-order chi connectivity index (χ1) is 9.07. The molecule has 0 aliphatic rings. The molecule has 1 unspecified atom stereocenters. The highest BCUT2D eigenvalue weighted by atomic mass is 19.4. The van der Waals surface area contributed by atoms with Crippen molar-refractivity contribution >= 4 is 5.91 Å². The molecule has 0 spiro atoms. The maximum absolute atomic E-state index is 13.1. The molecule has 0 bridgehead atoms. The molecule has 20 heavy (non-hydrogen) atoms. The molecule has 0 saturated carbocycles. The lowest BCUT2D eigenvalue weighted by molar-refractivity contribution is -0.140. The van der Waals surface area contributed by atoms with Crippen LogP contribution in [0.2, 0.25) is 0 Å². The molecular formula is C13H15F4NO2. The second-order valence-corrected chi connectivity index (χ2v) is 4.73. The van der Waals surface area contributed by atoms with Crippen LogP contribution in [0.3, 0.4) is 0 Å². The molecule has 112 valence electrons. The van der Waals surface area contributed by atoms with Gasteiger partial charge < -0.3 is 10.4 Å². The summed E-state index contributed by atoms with van der Waals surface area (Å²) in [5.41, 5.74) is -2.96. The molecule has 0 aliphatic heterocycles. The van der Waals surface area contributed by atoms with Crippen LogP contribution in [0.5, 0.6) is 0 Å². The van der Waals surface area contributed by atoms with Crippen molar-refractivity contribution in [2.45, 2.75) is 32.0 Å². The number of halogens is 4. The zero-order chi connectivity index (χ0) is 15.6. The van der Waals surface area contributed by atoms with Crippen LogP contribution in [0.15, 0.2) is 18.2 Å². The van der Waals surface area contributed by atoms with E-state index in [0.29, 0.717) is 18.6 Å². The van der Waals surface area contributed by atoms with Gasteiger partial charge in [0, 0.05) is 12.1 Å². The number of carbonyl (C=O) groups is 1. The first-order valence-corrected chi connectivity index (χ1v) is 5.94. The normalized spacial score (nSPS) is 14.8. The molecule has 2 N–H and O–H groups in total. The van der Waals surface area contributed by atoms with Gasteiger partial charge in [0.1, 0.15) is 5.82 Å². The van der Waals surface area contributed by atoms with Crippen molar-refractivity contribution in [1.82, 2.24) is 5.32 Å². The smallest absolute Gasteiger partial charge is 0.388 e. The minimum absolute atomic E-state index is 0.110. The number of aliphatic hydroxyl groups is 1. The first-order valence-electron chi connectivity index (χ1n) is 5.94. The van der Waals surface area contributed by atoms with Gasteiger partial charge in [0.15, 0.2) is 0 Å². The Morgan fingerprint density at radius 3 is 2.45 bits per heavy atom. The maximum atomic E-state index is 13.1. The Hall–Kier alpha value is -1.63. The van der Waals surface area contributed by atoms with Crippen molar-refractivity contribution in [3.63, 3.8) is 0 Å². The fourth-order valence-electron chi connectivity index (χ4n) is 1.38. The van der Waals surface area contributed by atoms with E-state index in [1.165, 1.54) is 6.92 Å². The zero-order valence-electron chi connectivity index (χ0n) is 11.0. The van der Waals surface area contributed by atoms with Gasteiger partial charge in [-0.1, -0.05) is 6.92 Å². The molecule has 0 saturated heterocycles. The number of hydrogen-bond acceptors (Lipinski definition) is 2. The van der Waals surface area contributed by atoms with E-state index in [0.717, 1.165) is 6.07 Å². The number of rotatable bonds is 4. The van der Waals surface area contributed by atoms with Crippen molar-refractivity contribution in [1.29, 1.82) is 0 Å². The molecule has 0 radical (unpaired) electrons. The van der Waals surface area contributed by atoms with Crippen LogP contribution < -0.4 is 5.32 Å². The third-order valence-electron chi connectivity index (χ3n) is 2.93. The molecule has 0 heterocycles. The number of nitrogens with one attached hydrogen (secondary N) is 1. The van der Waals surface area contributed by atoms with Gasteiger partial charge in [-0.2, -0.15) is 13.2 Å². The Bertz CT molecular complexity index is 498. The largest absolute Gasteiger partial charge is 0.419 e. The molecular weight excluding hydrogens is 278 g/mol. The van der Waals surface area contributed by atoms with E-state index in [9.17, 15) is 27.5 Å². The fourth-order valence-corrected chi connectivity index (χ4v) is 1.38. The summed E-state index contributed by atoms with van der Waals surface area (Å²) in [5, 5.41) is 12.0. The third kappa shape index (κ3) is 4.19. The van der Waals surface area contributed by atoms with Gasteiger partial charge in [-0.3, -0.25) is 4.79 Å². The number of benzene rings is 1. The van der Waals surface area contributed by atoms with E-state index in [1.54, 1.807) is 6.92 Å². The minimum atomic E-state index is -4.87. The lowest BCUT2D eigenvalue weighted by Gasteiger charge is -2.21. The van der Waals surface area contributed by atoms with Crippen molar-refractivity contribution in [3.05, 3.63) is 35.1 Å². The second kappa shape index (κ2) is 5.78. The summed E-state index contributed by atoms with van der Waals surface area (Å²) in [6.07, 6.45) is -4.50. The van der Waals surface area contributed by atoms with E-state index in [1.807, 2.05) is 0 Å². The number of amides is 1. The molecule has 7 heteroatoms. The van der Waals surface area contributed by atoms with Crippen molar-refractivity contribution < 1.29 is 27.5 Å².